The van der Waals surface area contributed by atoms with Crippen LogP contribution in [0.15, 0.2) is 115 Å². The van der Waals surface area contributed by atoms with Gasteiger partial charge in [-0.05, 0) is 34.4 Å². The van der Waals surface area contributed by atoms with Crippen molar-refractivity contribution in [3.05, 3.63) is 138 Å². The van der Waals surface area contributed by atoms with Crippen LogP contribution in [0.1, 0.15) is 22.3 Å². The average Bonchev–Trinajstić information content (AvgIpc) is 2.95. The van der Waals surface area contributed by atoms with Crippen LogP contribution >= 0.6 is 0 Å². The van der Waals surface area contributed by atoms with Crippen LogP contribution in [0.3, 0.4) is 0 Å². The summed E-state index contributed by atoms with van der Waals surface area (Å²) in [4.78, 5) is 29.2. The van der Waals surface area contributed by atoms with E-state index in [1.165, 1.54) is 0 Å². The van der Waals surface area contributed by atoms with Gasteiger partial charge in [0.1, 0.15) is 11.8 Å². The Hall–Kier alpha value is -4.38. The molecule has 2 amide bonds. The summed E-state index contributed by atoms with van der Waals surface area (Å²) in [6.07, 6.45) is 0.646. The van der Waals surface area contributed by atoms with Gasteiger partial charge in [-0.3, -0.25) is 9.59 Å². The van der Waals surface area contributed by atoms with Gasteiger partial charge in [0.05, 0.1) is 13.5 Å². The van der Waals surface area contributed by atoms with Crippen molar-refractivity contribution in [3.63, 3.8) is 0 Å². The van der Waals surface area contributed by atoms with Gasteiger partial charge in [0.25, 0.3) is 0 Å². The number of carbonyl (C=O) groups is 2. The Morgan fingerprint density at radius 1 is 0.703 bits per heavy atom. The highest BCUT2D eigenvalue weighted by Crippen LogP contribution is 2.17. The van der Waals surface area contributed by atoms with Crippen LogP contribution in [0, 0.1) is 0 Å². The minimum absolute atomic E-state index is 0.0874. The quantitative estimate of drug-likeness (QED) is 0.313. The predicted molar refractivity (Wildman–Crippen MR) is 146 cm³/mol. The maximum absolute atomic E-state index is 13.7. The number of hydrogen-bond donors (Lipinski definition) is 1. The van der Waals surface area contributed by atoms with E-state index in [1.807, 2.05) is 115 Å². The smallest absolute Gasteiger partial charge is 0.243 e. The monoisotopic (exact) mass is 492 g/mol. The first-order chi connectivity index (χ1) is 18.1. The summed E-state index contributed by atoms with van der Waals surface area (Å²) in [6, 6.07) is 36.2. The Morgan fingerprint density at radius 2 is 1.24 bits per heavy atom. The number of nitrogens with one attached hydrogen (secondary N) is 1. The summed E-state index contributed by atoms with van der Waals surface area (Å²) >= 11 is 0. The SMILES string of the molecule is COc1ccc(CNC(=O)[C@H](Cc2ccccc2)N(Cc2ccccc2)C(=O)Cc2ccccc2)cc1. The standard InChI is InChI=1S/C32H32N2O3/c1-37-29-19-17-27(18-20-29)23-33-32(36)30(21-25-11-5-2-6-12-25)34(24-28-15-9-4-10-16-28)31(35)22-26-13-7-3-8-14-26/h2-20,30H,21-24H2,1H3,(H,33,36)/t30-/m0/s1. The van der Waals surface area contributed by atoms with Gasteiger partial charge in [-0.1, -0.05) is 103 Å². The maximum Gasteiger partial charge on any atom is 0.243 e. The van der Waals surface area contributed by atoms with Gasteiger partial charge in [0.2, 0.25) is 11.8 Å². The molecule has 4 rings (SSSR count). The second-order valence-electron chi connectivity index (χ2n) is 8.94. The van der Waals surface area contributed by atoms with Gasteiger partial charge in [-0.2, -0.15) is 0 Å². The lowest BCUT2D eigenvalue weighted by Crippen LogP contribution is -2.50. The first-order valence-electron chi connectivity index (χ1n) is 12.4. The van der Waals surface area contributed by atoms with E-state index in [0.29, 0.717) is 19.5 Å². The molecule has 0 aliphatic rings. The minimum Gasteiger partial charge on any atom is -0.497 e. The lowest BCUT2D eigenvalue weighted by atomic mass is 10.0. The Labute approximate surface area is 218 Å². The van der Waals surface area contributed by atoms with Crippen LogP contribution in [0.5, 0.6) is 5.75 Å². The minimum atomic E-state index is -0.669. The fourth-order valence-electron chi connectivity index (χ4n) is 4.26. The molecule has 4 aromatic rings. The fraction of sp³-hybridized carbons (Fsp3) is 0.188. The number of ether oxygens (including phenoxy) is 1. The number of methoxy groups -OCH3 is 1. The van der Waals surface area contributed by atoms with Crippen molar-refractivity contribution in [1.82, 2.24) is 10.2 Å². The van der Waals surface area contributed by atoms with Crippen LogP contribution in [0.25, 0.3) is 0 Å². The zero-order valence-electron chi connectivity index (χ0n) is 21.0. The van der Waals surface area contributed by atoms with E-state index in [2.05, 4.69) is 5.32 Å². The molecule has 5 heteroatoms. The highest BCUT2D eigenvalue weighted by atomic mass is 16.5. The second kappa shape index (κ2) is 13.1. The molecule has 0 unspecified atom stereocenters. The molecule has 0 aliphatic carbocycles. The molecule has 0 saturated heterocycles. The van der Waals surface area contributed by atoms with E-state index < -0.39 is 6.04 Å². The van der Waals surface area contributed by atoms with Crippen LogP contribution in [0.4, 0.5) is 0 Å². The van der Waals surface area contributed by atoms with E-state index in [-0.39, 0.29) is 18.2 Å². The zero-order chi connectivity index (χ0) is 25.9. The third-order valence-corrected chi connectivity index (χ3v) is 6.29. The van der Waals surface area contributed by atoms with Crippen LogP contribution in [-0.4, -0.2) is 29.9 Å². The van der Waals surface area contributed by atoms with E-state index in [9.17, 15) is 9.59 Å². The normalized spacial score (nSPS) is 11.4. The molecule has 0 aromatic heterocycles. The summed E-state index contributed by atoms with van der Waals surface area (Å²) in [6.45, 7) is 0.708. The van der Waals surface area contributed by atoms with Gasteiger partial charge in [0.15, 0.2) is 0 Å². The molecule has 0 spiro atoms. The molecule has 4 aromatic carbocycles. The molecule has 0 fully saturated rings. The van der Waals surface area contributed by atoms with Gasteiger partial charge >= 0.3 is 0 Å². The Kier molecular flexibility index (Phi) is 9.08. The number of nitrogens with zero attached hydrogens (tertiary/aromatic N) is 1. The fourth-order valence-corrected chi connectivity index (χ4v) is 4.26. The number of rotatable bonds is 11. The Bertz CT molecular complexity index is 1260. The first-order valence-corrected chi connectivity index (χ1v) is 12.4. The molecule has 0 saturated carbocycles. The van der Waals surface area contributed by atoms with Crippen LogP contribution < -0.4 is 10.1 Å². The summed E-state index contributed by atoms with van der Waals surface area (Å²) in [5.74, 6) is 0.491. The lowest BCUT2D eigenvalue weighted by Gasteiger charge is -2.31. The molecule has 188 valence electrons. The number of benzene rings is 4. The van der Waals surface area contributed by atoms with Crippen molar-refractivity contribution in [2.75, 3.05) is 7.11 Å². The van der Waals surface area contributed by atoms with E-state index in [0.717, 1.165) is 28.0 Å². The van der Waals surface area contributed by atoms with E-state index in [4.69, 9.17) is 4.74 Å². The Balaban J connectivity index is 1.61. The second-order valence-corrected chi connectivity index (χ2v) is 8.94. The molecular weight excluding hydrogens is 460 g/mol. The van der Waals surface area contributed by atoms with Gasteiger partial charge in [-0.15, -0.1) is 0 Å². The molecule has 0 bridgehead atoms. The summed E-state index contributed by atoms with van der Waals surface area (Å²) in [5.41, 5.74) is 3.85. The molecule has 1 atom stereocenters. The molecular formula is C32H32N2O3. The van der Waals surface area contributed by atoms with E-state index >= 15 is 0 Å². The number of amides is 2. The van der Waals surface area contributed by atoms with E-state index in [1.54, 1.807) is 12.0 Å². The summed E-state index contributed by atoms with van der Waals surface area (Å²) in [5, 5.41) is 3.07. The van der Waals surface area contributed by atoms with Crippen molar-refractivity contribution < 1.29 is 14.3 Å². The zero-order valence-corrected chi connectivity index (χ0v) is 21.0. The molecule has 5 nitrogen and oxygen atoms in total. The van der Waals surface area contributed by atoms with Crippen molar-refractivity contribution in [2.45, 2.75) is 32.0 Å². The molecule has 37 heavy (non-hydrogen) atoms. The Morgan fingerprint density at radius 3 is 1.81 bits per heavy atom. The van der Waals surface area contributed by atoms with Crippen molar-refractivity contribution in [2.24, 2.45) is 0 Å². The number of carbonyl (C=O) groups excluding carboxylic acids is 2. The molecule has 1 N–H and O–H groups in total. The van der Waals surface area contributed by atoms with Gasteiger partial charge in [-0.25, -0.2) is 0 Å². The van der Waals surface area contributed by atoms with Crippen molar-refractivity contribution >= 4 is 11.8 Å². The highest BCUT2D eigenvalue weighted by Gasteiger charge is 2.30. The third kappa shape index (κ3) is 7.55. The summed E-state index contributed by atoms with van der Waals surface area (Å²) in [7, 11) is 1.62. The van der Waals surface area contributed by atoms with Crippen LogP contribution in [-0.2, 0) is 35.5 Å². The van der Waals surface area contributed by atoms with Gasteiger partial charge in [0, 0.05) is 19.5 Å². The topological polar surface area (TPSA) is 58.6 Å². The third-order valence-electron chi connectivity index (χ3n) is 6.29. The van der Waals surface area contributed by atoms with Crippen molar-refractivity contribution in [1.29, 1.82) is 0 Å². The molecule has 0 aliphatic heterocycles. The van der Waals surface area contributed by atoms with Crippen molar-refractivity contribution in [3.8, 4) is 5.75 Å². The van der Waals surface area contributed by atoms with Gasteiger partial charge < -0.3 is 15.0 Å². The number of hydrogen-bond acceptors (Lipinski definition) is 3. The largest absolute Gasteiger partial charge is 0.497 e. The summed E-state index contributed by atoms with van der Waals surface area (Å²) < 4.78 is 5.23. The molecule has 0 heterocycles. The predicted octanol–water partition coefficient (Wildman–Crippen LogP) is 5.19. The highest BCUT2D eigenvalue weighted by molar-refractivity contribution is 5.88. The average molecular weight is 493 g/mol. The molecule has 0 radical (unpaired) electrons. The lowest BCUT2D eigenvalue weighted by molar-refractivity contribution is -0.140. The van der Waals surface area contributed by atoms with Crippen LogP contribution in [0.2, 0.25) is 0 Å². The first kappa shape index (κ1) is 25.7. The maximum atomic E-state index is 13.7.